The van der Waals surface area contributed by atoms with Crippen LogP contribution in [0.1, 0.15) is 23.7 Å². The highest BCUT2D eigenvalue weighted by molar-refractivity contribution is 7.80. The maximum Gasteiger partial charge on any atom is 0.257 e. The third kappa shape index (κ3) is 5.82. The Labute approximate surface area is 202 Å². The summed E-state index contributed by atoms with van der Waals surface area (Å²) in [6, 6.07) is 10.2. The van der Waals surface area contributed by atoms with E-state index in [0.717, 1.165) is 5.69 Å². The van der Waals surface area contributed by atoms with E-state index < -0.39 is 5.91 Å². The first kappa shape index (κ1) is 24.1. The maximum atomic E-state index is 12.6. The van der Waals surface area contributed by atoms with Crippen LogP contribution in [-0.2, 0) is 4.79 Å². The van der Waals surface area contributed by atoms with Crippen LogP contribution >= 0.6 is 35.4 Å². The largest absolute Gasteiger partial charge is 0.495 e. The summed E-state index contributed by atoms with van der Waals surface area (Å²) in [6.07, 6.45) is 0.501. The zero-order valence-corrected chi connectivity index (χ0v) is 20.1. The highest BCUT2D eigenvalue weighted by Gasteiger charge is 2.22. The highest BCUT2D eigenvalue weighted by atomic mass is 35.5. The fraction of sp³-hybridized carbons (Fsp3) is 0.318. The number of methoxy groups -OCH3 is 1. The molecule has 2 amide bonds. The number of hydrogen-bond acceptors (Lipinski definition) is 5. The number of amides is 2. The molecule has 0 bridgehead atoms. The normalized spacial score (nSPS) is 13.5. The van der Waals surface area contributed by atoms with Gasteiger partial charge in [-0.25, -0.2) is 0 Å². The van der Waals surface area contributed by atoms with Gasteiger partial charge in [-0.1, -0.05) is 30.1 Å². The molecule has 170 valence electrons. The van der Waals surface area contributed by atoms with Gasteiger partial charge in [0.25, 0.3) is 5.91 Å². The summed E-state index contributed by atoms with van der Waals surface area (Å²) in [6.45, 7) is 4.53. The third-order valence-electron chi connectivity index (χ3n) is 5.12. The molecule has 7 nitrogen and oxygen atoms in total. The minimum absolute atomic E-state index is 0.130. The Morgan fingerprint density at radius 2 is 1.81 bits per heavy atom. The van der Waals surface area contributed by atoms with Crippen LogP contribution < -0.4 is 20.3 Å². The van der Waals surface area contributed by atoms with Gasteiger partial charge in [0.2, 0.25) is 5.91 Å². The SMILES string of the molecule is CCC(=O)N1CCN(c2ccc(Cl)cc2NC(=S)NC(=O)c2ccc(OC)c(Cl)c2)CC1. The van der Waals surface area contributed by atoms with Crippen LogP contribution in [0.3, 0.4) is 0 Å². The summed E-state index contributed by atoms with van der Waals surface area (Å²) in [5.41, 5.74) is 1.91. The minimum atomic E-state index is -0.401. The molecule has 2 aromatic rings. The lowest BCUT2D eigenvalue weighted by Crippen LogP contribution is -2.48. The third-order valence-corrected chi connectivity index (χ3v) is 5.86. The number of rotatable bonds is 5. The van der Waals surface area contributed by atoms with E-state index in [2.05, 4.69) is 15.5 Å². The number of halogens is 2. The lowest BCUT2D eigenvalue weighted by atomic mass is 10.2. The van der Waals surface area contributed by atoms with Crippen molar-refractivity contribution in [2.45, 2.75) is 13.3 Å². The molecule has 32 heavy (non-hydrogen) atoms. The van der Waals surface area contributed by atoms with Crippen molar-refractivity contribution in [1.29, 1.82) is 0 Å². The standard InChI is InChI=1S/C22H24Cl2N4O3S/c1-3-20(29)28-10-8-27(9-11-28)18-6-5-15(23)13-17(18)25-22(32)26-21(30)14-4-7-19(31-2)16(24)12-14/h4-7,12-13H,3,8-11H2,1-2H3,(H2,25,26,30,32). The van der Waals surface area contributed by atoms with Crippen molar-refractivity contribution < 1.29 is 14.3 Å². The zero-order valence-electron chi connectivity index (χ0n) is 17.8. The molecule has 1 fully saturated rings. The summed E-state index contributed by atoms with van der Waals surface area (Å²) < 4.78 is 5.11. The van der Waals surface area contributed by atoms with E-state index in [-0.39, 0.29) is 11.0 Å². The second kappa shape index (κ2) is 10.8. The van der Waals surface area contributed by atoms with E-state index in [0.29, 0.717) is 59.6 Å². The number of carbonyl (C=O) groups excluding carboxylic acids is 2. The molecule has 1 aliphatic heterocycles. The first-order valence-electron chi connectivity index (χ1n) is 10.1. The first-order chi connectivity index (χ1) is 15.3. The second-order valence-electron chi connectivity index (χ2n) is 7.14. The van der Waals surface area contributed by atoms with Crippen molar-refractivity contribution >= 4 is 63.7 Å². The minimum Gasteiger partial charge on any atom is -0.495 e. The Morgan fingerprint density at radius 3 is 2.44 bits per heavy atom. The smallest absolute Gasteiger partial charge is 0.257 e. The Kier molecular flexibility index (Phi) is 8.17. The van der Waals surface area contributed by atoms with Crippen LogP contribution in [0.2, 0.25) is 10.0 Å². The molecule has 2 aromatic carbocycles. The van der Waals surface area contributed by atoms with Gasteiger partial charge in [-0.3, -0.25) is 14.9 Å². The number of nitrogens with zero attached hydrogens (tertiary/aromatic N) is 2. The van der Waals surface area contributed by atoms with E-state index >= 15 is 0 Å². The summed E-state index contributed by atoms with van der Waals surface area (Å²) in [5, 5.41) is 6.72. The zero-order chi connectivity index (χ0) is 23.3. The summed E-state index contributed by atoms with van der Waals surface area (Å²) >= 11 is 17.7. The van der Waals surface area contributed by atoms with Crippen molar-refractivity contribution in [2.75, 3.05) is 43.5 Å². The molecule has 0 radical (unpaired) electrons. The number of anilines is 2. The Morgan fingerprint density at radius 1 is 1.09 bits per heavy atom. The van der Waals surface area contributed by atoms with Crippen molar-refractivity contribution in [3.63, 3.8) is 0 Å². The van der Waals surface area contributed by atoms with E-state index in [4.69, 9.17) is 40.2 Å². The molecule has 10 heteroatoms. The van der Waals surface area contributed by atoms with Gasteiger partial charge in [-0.15, -0.1) is 0 Å². The van der Waals surface area contributed by atoms with Gasteiger partial charge in [0, 0.05) is 43.2 Å². The van der Waals surface area contributed by atoms with Gasteiger partial charge >= 0.3 is 0 Å². The molecule has 0 spiro atoms. The number of piperazine rings is 1. The van der Waals surface area contributed by atoms with Crippen molar-refractivity contribution in [3.8, 4) is 5.75 Å². The van der Waals surface area contributed by atoms with Crippen LogP contribution in [0.25, 0.3) is 0 Å². The van der Waals surface area contributed by atoms with Crippen molar-refractivity contribution in [1.82, 2.24) is 10.2 Å². The van der Waals surface area contributed by atoms with Crippen LogP contribution in [-0.4, -0.2) is 55.1 Å². The Bertz CT molecular complexity index is 1030. The quantitative estimate of drug-likeness (QED) is 0.607. The fourth-order valence-corrected chi connectivity index (χ4v) is 4.07. The van der Waals surface area contributed by atoms with Gasteiger partial charge in [0.05, 0.1) is 23.5 Å². The van der Waals surface area contributed by atoms with Gasteiger partial charge in [-0.2, -0.15) is 0 Å². The summed E-state index contributed by atoms with van der Waals surface area (Å²) in [7, 11) is 1.50. The molecule has 1 aliphatic rings. The van der Waals surface area contributed by atoms with Gasteiger partial charge in [-0.05, 0) is 48.6 Å². The predicted octanol–water partition coefficient (Wildman–Crippen LogP) is 4.19. The van der Waals surface area contributed by atoms with Crippen molar-refractivity contribution in [2.24, 2.45) is 0 Å². The topological polar surface area (TPSA) is 73.9 Å². The molecule has 3 rings (SSSR count). The lowest BCUT2D eigenvalue weighted by molar-refractivity contribution is -0.131. The van der Waals surface area contributed by atoms with Crippen LogP contribution in [0.5, 0.6) is 5.75 Å². The van der Waals surface area contributed by atoms with Gasteiger partial charge in [0.1, 0.15) is 5.75 Å². The molecule has 0 saturated carbocycles. The van der Waals surface area contributed by atoms with Gasteiger partial charge < -0.3 is 19.9 Å². The van der Waals surface area contributed by atoms with E-state index in [1.807, 2.05) is 17.9 Å². The number of carbonyl (C=O) groups is 2. The number of hydrogen-bond donors (Lipinski definition) is 2. The average molecular weight is 495 g/mol. The highest BCUT2D eigenvalue weighted by Crippen LogP contribution is 2.30. The Hall–Kier alpha value is -2.55. The summed E-state index contributed by atoms with van der Waals surface area (Å²) in [5.74, 6) is 0.233. The molecular weight excluding hydrogens is 471 g/mol. The monoisotopic (exact) mass is 494 g/mol. The second-order valence-corrected chi connectivity index (χ2v) is 8.39. The molecule has 2 N–H and O–H groups in total. The maximum absolute atomic E-state index is 12.6. The van der Waals surface area contributed by atoms with Crippen LogP contribution in [0.15, 0.2) is 36.4 Å². The first-order valence-corrected chi connectivity index (χ1v) is 11.3. The van der Waals surface area contributed by atoms with E-state index in [1.165, 1.54) is 13.2 Å². The number of thiocarbonyl (C=S) groups is 1. The van der Waals surface area contributed by atoms with E-state index in [1.54, 1.807) is 24.3 Å². The molecule has 0 unspecified atom stereocenters. The molecule has 1 saturated heterocycles. The molecular formula is C22H24Cl2N4O3S. The molecule has 1 heterocycles. The predicted molar refractivity (Wildman–Crippen MR) is 132 cm³/mol. The molecule has 0 atom stereocenters. The Balaban J connectivity index is 1.68. The fourth-order valence-electron chi connectivity index (χ4n) is 3.44. The van der Waals surface area contributed by atoms with Crippen LogP contribution in [0, 0.1) is 0 Å². The van der Waals surface area contributed by atoms with Gasteiger partial charge in [0.15, 0.2) is 5.11 Å². The molecule has 0 aromatic heterocycles. The van der Waals surface area contributed by atoms with E-state index in [9.17, 15) is 9.59 Å². The molecule has 0 aliphatic carbocycles. The number of nitrogens with one attached hydrogen (secondary N) is 2. The average Bonchev–Trinajstić information content (AvgIpc) is 2.78. The lowest BCUT2D eigenvalue weighted by Gasteiger charge is -2.37. The van der Waals surface area contributed by atoms with Crippen molar-refractivity contribution in [3.05, 3.63) is 52.0 Å². The number of ether oxygens (including phenoxy) is 1. The van der Waals surface area contributed by atoms with Crippen LogP contribution in [0.4, 0.5) is 11.4 Å². The summed E-state index contributed by atoms with van der Waals surface area (Å²) in [4.78, 5) is 28.5. The number of benzene rings is 2.